The Hall–Kier alpha value is -0.900. The van der Waals surface area contributed by atoms with Crippen LogP contribution in [0.25, 0.3) is 0 Å². The van der Waals surface area contributed by atoms with Crippen molar-refractivity contribution in [1.29, 1.82) is 0 Å². The van der Waals surface area contributed by atoms with Gasteiger partial charge in [-0.3, -0.25) is 4.79 Å². The molecule has 0 bridgehead atoms. The van der Waals surface area contributed by atoms with Crippen molar-refractivity contribution in [3.8, 4) is 0 Å². The molecule has 1 N–H and O–H groups in total. The second-order valence-electron chi connectivity index (χ2n) is 4.14. The minimum absolute atomic E-state index is 0.585. The van der Waals surface area contributed by atoms with E-state index in [1.54, 1.807) is 17.5 Å². The van der Waals surface area contributed by atoms with E-state index in [0.717, 1.165) is 16.3 Å². The SMILES string of the molecule is CCCC(C)(Cc1cnc(C)s1)C(=O)O. The van der Waals surface area contributed by atoms with Crippen LogP contribution in [0.15, 0.2) is 6.20 Å². The highest BCUT2D eigenvalue weighted by atomic mass is 32.1. The standard InChI is InChI=1S/C11H17NO2S/c1-4-5-11(3,10(13)14)6-9-7-12-8(2)15-9/h7H,4-6H2,1-3H3,(H,13,14). The molecule has 1 heterocycles. The molecule has 0 amide bonds. The summed E-state index contributed by atoms with van der Waals surface area (Å²) in [6.45, 7) is 5.76. The van der Waals surface area contributed by atoms with E-state index in [1.807, 2.05) is 20.8 Å². The number of aromatic nitrogens is 1. The van der Waals surface area contributed by atoms with Crippen molar-refractivity contribution in [2.24, 2.45) is 5.41 Å². The maximum atomic E-state index is 11.2. The lowest BCUT2D eigenvalue weighted by atomic mass is 9.82. The molecule has 84 valence electrons. The van der Waals surface area contributed by atoms with Gasteiger partial charge >= 0.3 is 5.97 Å². The fraction of sp³-hybridized carbons (Fsp3) is 0.636. The Morgan fingerprint density at radius 2 is 2.33 bits per heavy atom. The van der Waals surface area contributed by atoms with Gasteiger partial charge in [-0.25, -0.2) is 4.98 Å². The highest BCUT2D eigenvalue weighted by Crippen LogP contribution is 2.30. The van der Waals surface area contributed by atoms with Crippen LogP contribution >= 0.6 is 11.3 Å². The Bertz CT molecular complexity index is 348. The number of thiazole rings is 1. The molecule has 15 heavy (non-hydrogen) atoms. The van der Waals surface area contributed by atoms with Gasteiger partial charge in [0.05, 0.1) is 10.4 Å². The molecule has 0 aliphatic rings. The van der Waals surface area contributed by atoms with Crippen LogP contribution < -0.4 is 0 Å². The van der Waals surface area contributed by atoms with Gasteiger partial charge in [0, 0.05) is 11.1 Å². The second-order valence-corrected chi connectivity index (χ2v) is 5.46. The smallest absolute Gasteiger partial charge is 0.309 e. The molecule has 0 aliphatic carbocycles. The second kappa shape index (κ2) is 4.75. The summed E-state index contributed by atoms with van der Waals surface area (Å²) < 4.78 is 0. The number of aryl methyl sites for hydroxylation is 1. The van der Waals surface area contributed by atoms with E-state index in [2.05, 4.69) is 4.98 Å². The van der Waals surface area contributed by atoms with E-state index in [4.69, 9.17) is 0 Å². The van der Waals surface area contributed by atoms with Gasteiger partial charge in [-0.2, -0.15) is 0 Å². The molecule has 0 radical (unpaired) electrons. The Kier molecular flexibility index (Phi) is 3.85. The van der Waals surface area contributed by atoms with E-state index < -0.39 is 11.4 Å². The molecule has 0 saturated carbocycles. The van der Waals surface area contributed by atoms with Crippen molar-refractivity contribution in [2.45, 2.75) is 40.0 Å². The van der Waals surface area contributed by atoms with Crippen molar-refractivity contribution in [2.75, 3.05) is 0 Å². The highest BCUT2D eigenvalue weighted by Gasteiger charge is 2.32. The van der Waals surface area contributed by atoms with Gasteiger partial charge in [0.1, 0.15) is 0 Å². The zero-order chi connectivity index (χ0) is 11.5. The lowest BCUT2D eigenvalue weighted by Gasteiger charge is -2.23. The Morgan fingerprint density at radius 1 is 1.67 bits per heavy atom. The van der Waals surface area contributed by atoms with Gasteiger partial charge in [-0.15, -0.1) is 11.3 Å². The molecule has 0 fully saturated rings. The van der Waals surface area contributed by atoms with Crippen LogP contribution in [-0.4, -0.2) is 16.1 Å². The number of hydrogen-bond donors (Lipinski definition) is 1. The molecule has 3 nitrogen and oxygen atoms in total. The predicted octanol–water partition coefficient (Wildman–Crippen LogP) is 2.89. The minimum Gasteiger partial charge on any atom is -0.481 e. The zero-order valence-electron chi connectivity index (χ0n) is 9.41. The van der Waals surface area contributed by atoms with Crippen LogP contribution in [0.5, 0.6) is 0 Å². The van der Waals surface area contributed by atoms with Gasteiger partial charge in [-0.1, -0.05) is 13.3 Å². The molecule has 1 unspecified atom stereocenters. The van der Waals surface area contributed by atoms with Gasteiger partial charge < -0.3 is 5.11 Å². The van der Waals surface area contributed by atoms with E-state index in [1.165, 1.54) is 0 Å². The summed E-state index contributed by atoms with van der Waals surface area (Å²) in [4.78, 5) is 16.4. The Morgan fingerprint density at radius 3 is 2.73 bits per heavy atom. The van der Waals surface area contributed by atoms with Gasteiger partial charge in [0.2, 0.25) is 0 Å². The lowest BCUT2D eigenvalue weighted by Crippen LogP contribution is -2.29. The molecular weight excluding hydrogens is 210 g/mol. The van der Waals surface area contributed by atoms with Crippen LogP contribution in [0.1, 0.15) is 36.6 Å². The molecule has 0 saturated heterocycles. The summed E-state index contributed by atoms with van der Waals surface area (Å²) in [6.07, 6.45) is 3.97. The molecular formula is C11H17NO2S. The van der Waals surface area contributed by atoms with E-state index >= 15 is 0 Å². The van der Waals surface area contributed by atoms with Crippen LogP contribution in [0, 0.1) is 12.3 Å². The van der Waals surface area contributed by atoms with E-state index in [-0.39, 0.29) is 0 Å². The third-order valence-corrected chi connectivity index (χ3v) is 3.46. The molecule has 1 aromatic heterocycles. The number of nitrogens with zero attached hydrogens (tertiary/aromatic N) is 1. The third kappa shape index (κ3) is 3.02. The molecule has 0 aliphatic heterocycles. The number of aliphatic carboxylic acids is 1. The number of carboxylic acid groups (broad SMARTS) is 1. The molecule has 1 aromatic rings. The average Bonchev–Trinajstić information content (AvgIpc) is 2.51. The lowest BCUT2D eigenvalue weighted by molar-refractivity contribution is -0.148. The predicted molar refractivity (Wildman–Crippen MR) is 61.2 cm³/mol. The van der Waals surface area contributed by atoms with Crippen LogP contribution in [0.3, 0.4) is 0 Å². The molecule has 1 rings (SSSR count). The first-order valence-corrected chi connectivity index (χ1v) is 5.94. The summed E-state index contributed by atoms with van der Waals surface area (Å²) in [6, 6.07) is 0. The monoisotopic (exact) mass is 227 g/mol. The van der Waals surface area contributed by atoms with Gasteiger partial charge in [-0.05, 0) is 26.7 Å². The maximum Gasteiger partial charge on any atom is 0.309 e. The fourth-order valence-electron chi connectivity index (χ4n) is 1.69. The van der Waals surface area contributed by atoms with Crippen molar-refractivity contribution >= 4 is 17.3 Å². The summed E-state index contributed by atoms with van der Waals surface area (Å²) in [5, 5.41) is 10.2. The summed E-state index contributed by atoms with van der Waals surface area (Å²) in [5.41, 5.74) is -0.645. The molecule has 4 heteroatoms. The number of carbonyl (C=O) groups is 1. The van der Waals surface area contributed by atoms with E-state index in [0.29, 0.717) is 12.8 Å². The van der Waals surface area contributed by atoms with Crippen molar-refractivity contribution in [1.82, 2.24) is 4.98 Å². The first-order valence-electron chi connectivity index (χ1n) is 5.12. The van der Waals surface area contributed by atoms with E-state index in [9.17, 15) is 9.90 Å². The number of rotatable bonds is 5. The van der Waals surface area contributed by atoms with Crippen LogP contribution in [0.2, 0.25) is 0 Å². The third-order valence-electron chi connectivity index (χ3n) is 2.55. The first kappa shape index (κ1) is 12.2. The number of carboxylic acids is 1. The van der Waals surface area contributed by atoms with Crippen LogP contribution in [-0.2, 0) is 11.2 Å². The first-order chi connectivity index (χ1) is 6.98. The fourth-order valence-corrected chi connectivity index (χ4v) is 2.68. The van der Waals surface area contributed by atoms with Crippen molar-refractivity contribution < 1.29 is 9.90 Å². The van der Waals surface area contributed by atoms with Gasteiger partial charge in [0.25, 0.3) is 0 Å². The Labute approximate surface area is 94.2 Å². The maximum absolute atomic E-state index is 11.2. The zero-order valence-corrected chi connectivity index (χ0v) is 10.2. The normalized spacial score (nSPS) is 14.9. The van der Waals surface area contributed by atoms with Crippen molar-refractivity contribution in [3.05, 3.63) is 16.1 Å². The van der Waals surface area contributed by atoms with Crippen molar-refractivity contribution in [3.63, 3.8) is 0 Å². The summed E-state index contributed by atoms with van der Waals surface area (Å²) in [5.74, 6) is -0.713. The summed E-state index contributed by atoms with van der Waals surface area (Å²) in [7, 11) is 0. The highest BCUT2D eigenvalue weighted by molar-refractivity contribution is 7.11. The molecule has 0 aromatic carbocycles. The van der Waals surface area contributed by atoms with Crippen LogP contribution in [0.4, 0.5) is 0 Å². The minimum atomic E-state index is -0.713. The Balaban J connectivity index is 2.79. The quantitative estimate of drug-likeness (QED) is 0.841. The molecule has 0 spiro atoms. The topological polar surface area (TPSA) is 50.2 Å². The molecule has 1 atom stereocenters. The largest absolute Gasteiger partial charge is 0.481 e. The summed E-state index contributed by atoms with van der Waals surface area (Å²) >= 11 is 1.58. The average molecular weight is 227 g/mol. The number of hydrogen-bond acceptors (Lipinski definition) is 3. The van der Waals surface area contributed by atoms with Gasteiger partial charge in [0.15, 0.2) is 0 Å².